The van der Waals surface area contributed by atoms with Gasteiger partial charge in [-0.05, 0) is 25.7 Å². The first-order chi connectivity index (χ1) is 8.36. The summed E-state index contributed by atoms with van der Waals surface area (Å²) in [5.41, 5.74) is 0. The van der Waals surface area contributed by atoms with Crippen LogP contribution in [-0.2, 0) is 15.0 Å². The Bertz CT molecular complexity index is 383. The topological polar surface area (TPSA) is 86.7 Å². The van der Waals surface area contributed by atoms with E-state index in [1.165, 1.54) is 4.31 Å². The van der Waals surface area contributed by atoms with Crippen LogP contribution in [0.2, 0.25) is 0 Å². The maximum atomic E-state index is 11.9. The second-order valence-electron chi connectivity index (χ2n) is 4.84. The van der Waals surface area contributed by atoms with Gasteiger partial charge < -0.3 is 5.11 Å². The normalized spacial score (nSPS) is 24.6. The lowest BCUT2D eigenvalue weighted by atomic mass is 10.1. The van der Waals surface area contributed by atoms with Crippen LogP contribution in [0.1, 0.15) is 39.0 Å². The number of nitrogens with zero attached hydrogens (tertiary/aromatic N) is 1. The predicted molar refractivity (Wildman–Crippen MR) is 68.4 cm³/mol. The molecule has 0 aromatic rings. The Balaban J connectivity index is 2.49. The molecule has 1 rings (SSSR count). The van der Waals surface area contributed by atoms with Crippen molar-refractivity contribution < 1.29 is 18.3 Å². The molecular formula is C11H22N2O4S. The number of nitrogens with one attached hydrogen (secondary N) is 1. The van der Waals surface area contributed by atoms with Crippen LogP contribution >= 0.6 is 0 Å². The van der Waals surface area contributed by atoms with Gasteiger partial charge in [-0.15, -0.1) is 0 Å². The first kappa shape index (κ1) is 15.4. The summed E-state index contributed by atoms with van der Waals surface area (Å²) in [4.78, 5) is 10.8. The molecule has 0 aromatic carbocycles. The number of carboxylic acids is 1. The van der Waals surface area contributed by atoms with Crippen LogP contribution in [0, 0.1) is 5.92 Å². The van der Waals surface area contributed by atoms with Gasteiger partial charge >= 0.3 is 5.97 Å². The fourth-order valence-electron chi connectivity index (χ4n) is 2.11. The van der Waals surface area contributed by atoms with E-state index < -0.39 is 22.1 Å². The maximum Gasteiger partial charge on any atom is 0.306 e. The summed E-state index contributed by atoms with van der Waals surface area (Å²) >= 11 is 0. The van der Waals surface area contributed by atoms with Crippen LogP contribution in [0.3, 0.4) is 0 Å². The van der Waals surface area contributed by atoms with E-state index in [-0.39, 0.29) is 6.04 Å². The average Bonchev–Trinajstić information content (AvgIpc) is 2.73. The highest BCUT2D eigenvalue weighted by Crippen LogP contribution is 2.26. The number of carboxylic acid groups (broad SMARTS) is 1. The first-order valence-corrected chi connectivity index (χ1v) is 7.77. The molecule has 0 heterocycles. The summed E-state index contributed by atoms with van der Waals surface area (Å²) in [5, 5.41) is 8.87. The third kappa shape index (κ3) is 4.22. The fourth-order valence-corrected chi connectivity index (χ4v) is 3.30. The molecule has 2 atom stereocenters. The zero-order valence-electron chi connectivity index (χ0n) is 10.9. The SMILES string of the molecule is CCCCN(C)S(=O)(=O)N[C@H]1CC[C@@H](C(=O)O)C1. The highest BCUT2D eigenvalue weighted by atomic mass is 32.2. The minimum absolute atomic E-state index is 0.250. The van der Waals surface area contributed by atoms with Gasteiger partial charge in [0, 0.05) is 19.6 Å². The fraction of sp³-hybridized carbons (Fsp3) is 0.909. The Morgan fingerprint density at radius 3 is 2.61 bits per heavy atom. The molecule has 2 N–H and O–H groups in total. The Labute approximate surface area is 109 Å². The van der Waals surface area contributed by atoms with Crippen molar-refractivity contribution in [3.63, 3.8) is 0 Å². The van der Waals surface area contributed by atoms with Crippen LogP contribution in [0.4, 0.5) is 0 Å². The highest BCUT2D eigenvalue weighted by Gasteiger charge is 2.32. The Morgan fingerprint density at radius 1 is 1.44 bits per heavy atom. The molecular weight excluding hydrogens is 256 g/mol. The zero-order chi connectivity index (χ0) is 13.8. The van der Waals surface area contributed by atoms with Gasteiger partial charge in [-0.1, -0.05) is 13.3 Å². The molecule has 106 valence electrons. The molecule has 0 saturated heterocycles. The number of hydrogen-bond donors (Lipinski definition) is 2. The lowest BCUT2D eigenvalue weighted by Gasteiger charge is -2.20. The molecule has 0 aromatic heterocycles. The van der Waals surface area contributed by atoms with Crippen LogP contribution in [0.5, 0.6) is 0 Å². The van der Waals surface area contributed by atoms with Gasteiger partial charge in [-0.25, -0.2) is 0 Å². The van der Waals surface area contributed by atoms with E-state index in [4.69, 9.17) is 5.11 Å². The number of unbranched alkanes of at least 4 members (excludes halogenated alkanes) is 1. The lowest BCUT2D eigenvalue weighted by Crippen LogP contribution is -2.43. The molecule has 1 saturated carbocycles. The summed E-state index contributed by atoms with van der Waals surface area (Å²) in [6, 6.07) is -0.250. The quantitative estimate of drug-likeness (QED) is 0.721. The van der Waals surface area contributed by atoms with E-state index in [9.17, 15) is 13.2 Å². The van der Waals surface area contributed by atoms with Gasteiger partial charge in [0.2, 0.25) is 0 Å². The van der Waals surface area contributed by atoms with Crippen LogP contribution in [0.15, 0.2) is 0 Å². The summed E-state index contributed by atoms with van der Waals surface area (Å²) in [5.74, 6) is -1.25. The zero-order valence-corrected chi connectivity index (χ0v) is 11.7. The van der Waals surface area contributed by atoms with Crippen molar-refractivity contribution in [1.82, 2.24) is 9.03 Å². The van der Waals surface area contributed by atoms with Crippen molar-refractivity contribution in [2.24, 2.45) is 5.92 Å². The maximum absolute atomic E-state index is 11.9. The van der Waals surface area contributed by atoms with Crippen LogP contribution in [0.25, 0.3) is 0 Å². The van der Waals surface area contributed by atoms with Crippen LogP contribution < -0.4 is 4.72 Å². The van der Waals surface area contributed by atoms with Crippen molar-refractivity contribution in [1.29, 1.82) is 0 Å². The third-order valence-electron chi connectivity index (χ3n) is 3.33. The van der Waals surface area contributed by atoms with E-state index in [0.717, 1.165) is 12.8 Å². The van der Waals surface area contributed by atoms with E-state index >= 15 is 0 Å². The minimum Gasteiger partial charge on any atom is -0.481 e. The van der Waals surface area contributed by atoms with Gasteiger partial charge in [0.1, 0.15) is 0 Å². The van der Waals surface area contributed by atoms with Gasteiger partial charge in [0.25, 0.3) is 10.2 Å². The van der Waals surface area contributed by atoms with E-state index in [0.29, 0.717) is 25.8 Å². The van der Waals surface area contributed by atoms with Gasteiger partial charge in [0.15, 0.2) is 0 Å². The van der Waals surface area contributed by atoms with Crippen molar-refractivity contribution in [2.45, 2.75) is 45.1 Å². The second-order valence-corrected chi connectivity index (χ2v) is 6.65. The second kappa shape index (κ2) is 6.49. The molecule has 0 amide bonds. The lowest BCUT2D eigenvalue weighted by molar-refractivity contribution is -0.141. The van der Waals surface area contributed by atoms with Crippen molar-refractivity contribution >= 4 is 16.2 Å². The van der Waals surface area contributed by atoms with E-state index in [1.54, 1.807) is 7.05 Å². The molecule has 0 unspecified atom stereocenters. The smallest absolute Gasteiger partial charge is 0.306 e. The molecule has 0 aliphatic heterocycles. The van der Waals surface area contributed by atoms with Gasteiger partial charge in [-0.2, -0.15) is 17.4 Å². The number of aliphatic carboxylic acids is 1. The largest absolute Gasteiger partial charge is 0.481 e. The van der Waals surface area contributed by atoms with E-state index in [1.807, 2.05) is 6.92 Å². The van der Waals surface area contributed by atoms with Crippen molar-refractivity contribution in [3.8, 4) is 0 Å². The first-order valence-electron chi connectivity index (χ1n) is 6.33. The monoisotopic (exact) mass is 278 g/mol. The number of carbonyl (C=O) groups is 1. The predicted octanol–water partition coefficient (Wildman–Crippen LogP) is 0.806. The average molecular weight is 278 g/mol. The molecule has 0 spiro atoms. The summed E-state index contributed by atoms with van der Waals surface area (Å²) in [6.07, 6.45) is 3.28. The van der Waals surface area contributed by atoms with Crippen molar-refractivity contribution in [3.05, 3.63) is 0 Å². The number of rotatable bonds is 7. The molecule has 1 aliphatic carbocycles. The Morgan fingerprint density at radius 2 is 2.11 bits per heavy atom. The molecule has 7 heteroatoms. The summed E-state index contributed by atoms with van der Waals surface area (Å²) < 4.78 is 27.8. The minimum atomic E-state index is -3.47. The Hall–Kier alpha value is -0.660. The third-order valence-corrected chi connectivity index (χ3v) is 4.97. The summed E-state index contributed by atoms with van der Waals surface area (Å²) in [6.45, 7) is 2.49. The molecule has 1 aliphatic rings. The van der Waals surface area contributed by atoms with Crippen molar-refractivity contribution in [2.75, 3.05) is 13.6 Å². The van der Waals surface area contributed by atoms with Gasteiger partial charge in [-0.3, -0.25) is 4.79 Å². The van der Waals surface area contributed by atoms with E-state index in [2.05, 4.69) is 4.72 Å². The Kier molecular flexibility index (Phi) is 5.55. The summed E-state index contributed by atoms with van der Waals surface area (Å²) in [7, 11) is -1.93. The molecule has 6 nitrogen and oxygen atoms in total. The molecule has 0 bridgehead atoms. The molecule has 0 radical (unpaired) electrons. The highest BCUT2D eigenvalue weighted by molar-refractivity contribution is 7.87. The number of hydrogen-bond acceptors (Lipinski definition) is 3. The van der Waals surface area contributed by atoms with Gasteiger partial charge in [0.05, 0.1) is 5.92 Å². The standard InChI is InChI=1S/C11H22N2O4S/c1-3-4-7-13(2)18(16,17)12-10-6-5-9(8-10)11(14)15/h9-10,12H,3-8H2,1-2H3,(H,14,15)/t9-,10+/m1/s1. The molecule has 1 fully saturated rings. The van der Waals surface area contributed by atoms with Crippen LogP contribution in [-0.4, -0.2) is 43.4 Å². The molecule has 18 heavy (non-hydrogen) atoms.